The summed E-state index contributed by atoms with van der Waals surface area (Å²) in [5, 5.41) is 14.8. The van der Waals surface area contributed by atoms with Crippen LogP contribution in [0.2, 0.25) is 5.02 Å². The zero-order valence-electron chi connectivity index (χ0n) is 10.8. The summed E-state index contributed by atoms with van der Waals surface area (Å²) in [6, 6.07) is 7.11. The molecule has 1 aromatic carbocycles. The van der Waals surface area contributed by atoms with Crippen LogP contribution in [-0.2, 0) is 6.54 Å². The van der Waals surface area contributed by atoms with Crippen molar-refractivity contribution in [3.63, 3.8) is 0 Å². The van der Waals surface area contributed by atoms with Gasteiger partial charge in [0, 0.05) is 23.3 Å². The van der Waals surface area contributed by atoms with Crippen molar-refractivity contribution in [2.24, 2.45) is 0 Å². The molecule has 0 amide bonds. The van der Waals surface area contributed by atoms with Gasteiger partial charge < -0.3 is 9.84 Å². The number of aromatic nitrogens is 2. The maximum Gasteiger partial charge on any atom is 0.120 e. The molecule has 0 aliphatic carbocycles. The van der Waals surface area contributed by atoms with Gasteiger partial charge in [-0.2, -0.15) is 5.10 Å². The zero-order chi connectivity index (χ0) is 13.7. The van der Waals surface area contributed by atoms with E-state index in [1.54, 1.807) is 24.4 Å². The lowest BCUT2D eigenvalue weighted by molar-refractivity contribution is 0.108. The Morgan fingerprint density at radius 1 is 1.47 bits per heavy atom. The van der Waals surface area contributed by atoms with Gasteiger partial charge in [-0.3, -0.25) is 4.68 Å². The van der Waals surface area contributed by atoms with Gasteiger partial charge in [0.05, 0.1) is 6.20 Å². The van der Waals surface area contributed by atoms with Gasteiger partial charge in [0.15, 0.2) is 0 Å². The molecule has 2 aromatic rings. The lowest BCUT2D eigenvalue weighted by atomic mass is 10.2. The SMILES string of the molecule is CCCn1cc(C(O)COc2cccc(Cl)c2)cn1. The summed E-state index contributed by atoms with van der Waals surface area (Å²) in [4.78, 5) is 0. The number of aryl methyl sites for hydroxylation is 1. The highest BCUT2D eigenvalue weighted by Crippen LogP contribution is 2.19. The van der Waals surface area contributed by atoms with E-state index in [0.29, 0.717) is 10.8 Å². The molecule has 1 aromatic heterocycles. The lowest BCUT2D eigenvalue weighted by Gasteiger charge is -2.10. The van der Waals surface area contributed by atoms with Crippen molar-refractivity contribution in [1.29, 1.82) is 0 Å². The van der Waals surface area contributed by atoms with Crippen LogP contribution in [0.15, 0.2) is 36.7 Å². The highest BCUT2D eigenvalue weighted by molar-refractivity contribution is 6.30. The van der Waals surface area contributed by atoms with Crippen molar-refractivity contribution in [1.82, 2.24) is 9.78 Å². The third-order valence-corrected chi connectivity index (χ3v) is 2.93. The average molecular weight is 281 g/mol. The van der Waals surface area contributed by atoms with Gasteiger partial charge in [0.2, 0.25) is 0 Å². The Labute approximate surface area is 117 Å². The fourth-order valence-corrected chi connectivity index (χ4v) is 1.91. The van der Waals surface area contributed by atoms with E-state index in [1.165, 1.54) is 0 Å². The first-order valence-corrected chi connectivity index (χ1v) is 6.65. The highest BCUT2D eigenvalue weighted by Gasteiger charge is 2.11. The quantitative estimate of drug-likeness (QED) is 0.885. The minimum Gasteiger partial charge on any atom is -0.490 e. The van der Waals surface area contributed by atoms with Crippen LogP contribution >= 0.6 is 11.6 Å². The van der Waals surface area contributed by atoms with Crippen molar-refractivity contribution in [3.8, 4) is 5.75 Å². The third-order valence-electron chi connectivity index (χ3n) is 2.69. The van der Waals surface area contributed by atoms with Crippen LogP contribution in [0.4, 0.5) is 0 Å². The number of halogens is 1. The molecule has 1 heterocycles. The summed E-state index contributed by atoms with van der Waals surface area (Å²) >= 11 is 5.86. The number of hydrogen-bond acceptors (Lipinski definition) is 3. The van der Waals surface area contributed by atoms with E-state index in [2.05, 4.69) is 12.0 Å². The van der Waals surface area contributed by atoms with Gasteiger partial charge in [0.1, 0.15) is 18.5 Å². The molecule has 0 spiro atoms. The molecule has 0 fully saturated rings. The fourth-order valence-electron chi connectivity index (χ4n) is 1.73. The molecule has 1 unspecified atom stereocenters. The Balaban J connectivity index is 1.91. The Kier molecular flexibility index (Phi) is 4.82. The predicted octanol–water partition coefficient (Wildman–Crippen LogP) is 3.06. The van der Waals surface area contributed by atoms with E-state index in [4.69, 9.17) is 16.3 Å². The van der Waals surface area contributed by atoms with Crippen molar-refractivity contribution < 1.29 is 9.84 Å². The maximum atomic E-state index is 10.0. The number of rotatable bonds is 6. The first-order valence-electron chi connectivity index (χ1n) is 6.28. The normalized spacial score (nSPS) is 12.4. The Morgan fingerprint density at radius 2 is 2.32 bits per heavy atom. The molecular weight excluding hydrogens is 264 g/mol. The molecule has 102 valence electrons. The molecule has 0 aliphatic heterocycles. The average Bonchev–Trinajstić information content (AvgIpc) is 2.85. The van der Waals surface area contributed by atoms with Crippen LogP contribution in [0.25, 0.3) is 0 Å². The number of hydrogen-bond donors (Lipinski definition) is 1. The molecular formula is C14H17ClN2O2. The van der Waals surface area contributed by atoms with Gasteiger partial charge in [-0.25, -0.2) is 0 Å². The van der Waals surface area contributed by atoms with Crippen molar-refractivity contribution in [2.45, 2.75) is 26.0 Å². The molecule has 2 rings (SSSR count). The number of ether oxygens (including phenoxy) is 1. The van der Waals surface area contributed by atoms with E-state index in [1.807, 2.05) is 16.9 Å². The highest BCUT2D eigenvalue weighted by atomic mass is 35.5. The molecule has 0 radical (unpaired) electrons. The van der Waals surface area contributed by atoms with E-state index in [-0.39, 0.29) is 6.61 Å². The van der Waals surface area contributed by atoms with Crippen molar-refractivity contribution >= 4 is 11.6 Å². The topological polar surface area (TPSA) is 47.3 Å². The molecule has 5 heteroatoms. The van der Waals surface area contributed by atoms with E-state index in [0.717, 1.165) is 18.5 Å². The van der Waals surface area contributed by atoms with Crippen LogP contribution in [0.3, 0.4) is 0 Å². The molecule has 4 nitrogen and oxygen atoms in total. The molecule has 0 bridgehead atoms. The van der Waals surface area contributed by atoms with Crippen LogP contribution in [0, 0.1) is 0 Å². The minimum absolute atomic E-state index is 0.179. The van der Waals surface area contributed by atoms with E-state index in [9.17, 15) is 5.11 Å². The van der Waals surface area contributed by atoms with Crippen LogP contribution in [0.5, 0.6) is 5.75 Å². The smallest absolute Gasteiger partial charge is 0.120 e. The Bertz CT molecular complexity index is 528. The number of benzene rings is 1. The zero-order valence-corrected chi connectivity index (χ0v) is 11.5. The summed E-state index contributed by atoms with van der Waals surface area (Å²) in [6.45, 7) is 3.11. The first kappa shape index (κ1) is 13.9. The second kappa shape index (κ2) is 6.59. The Morgan fingerprint density at radius 3 is 3.05 bits per heavy atom. The molecule has 1 N–H and O–H groups in total. The van der Waals surface area contributed by atoms with Gasteiger partial charge in [0.25, 0.3) is 0 Å². The monoisotopic (exact) mass is 280 g/mol. The molecule has 19 heavy (non-hydrogen) atoms. The van der Waals surface area contributed by atoms with Crippen molar-refractivity contribution in [2.75, 3.05) is 6.61 Å². The summed E-state index contributed by atoms with van der Waals surface area (Å²) in [6.07, 6.45) is 3.83. The Hall–Kier alpha value is -1.52. The summed E-state index contributed by atoms with van der Waals surface area (Å²) in [5.41, 5.74) is 0.760. The number of aliphatic hydroxyl groups is 1. The van der Waals surface area contributed by atoms with E-state index < -0.39 is 6.10 Å². The largest absolute Gasteiger partial charge is 0.490 e. The summed E-state index contributed by atoms with van der Waals surface area (Å²) < 4.78 is 7.32. The van der Waals surface area contributed by atoms with Gasteiger partial charge >= 0.3 is 0 Å². The predicted molar refractivity (Wildman–Crippen MR) is 74.4 cm³/mol. The first-order chi connectivity index (χ1) is 9.19. The van der Waals surface area contributed by atoms with Crippen LogP contribution < -0.4 is 4.74 Å². The fraction of sp³-hybridized carbons (Fsp3) is 0.357. The van der Waals surface area contributed by atoms with Crippen molar-refractivity contribution in [3.05, 3.63) is 47.2 Å². The molecule has 0 aliphatic rings. The molecule has 1 atom stereocenters. The standard InChI is InChI=1S/C14H17ClN2O2/c1-2-6-17-9-11(8-16-17)14(18)10-19-13-5-3-4-12(15)7-13/h3-5,7-9,14,18H,2,6,10H2,1H3. The lowest BCUT2D eigenvalue weighted by Crippen LogP contribution is -2.09. The molecule has 0 saturated carbocycles. The van der Waals surface area contributed by atoms with Gasteiger partial charge in [-0.1, -0.05) is 24.6 Å². The van der Waals surface area contributed by atoms with Gasteiger partial charge in [-0.15, -0.1) is 0 Å². The van der Waals surface area contributed by atoms with E-state index >= 15 is 0 Å². The number of aliphatic hydroxyl groups excluding tert-OH is 1. The third kappa shape index (κ3) is 3.98. The second-order valence-electron chi connectivity index (χ2n) is 4.32. The van der Waals surface area contributed by atoms with Gasteiger partial charge in [-0.05, 0) is 24.6 Å². The maximum absolute atomic E-state index is 10.0. The number of nitrogens with zero attached hydrogens (tertiary/aromatic N) is 2. The second-order valence-corrected chi connectivity index (χ2v) is 4.76. The summed E-state index contributed by atoms with van der Waals surface area (Å²) in [5.74, 6) is 0.646. The van der Waals surface area contributed by atoms with Crippen LogP contribution in [-0.4, -0.2) is 21.5 Å². The van der Waals surface area contributed by atoms with Crippen LogP contribution in [0.1, 0.15) is 25.0 Å². The molecule has 0 saturated heterocycles. The summed E-state index contributed by atoms with van der Waals surface area (Å²) in [7, 11) is 0. The minimum atomic E-state index is -0.690.